The average molecular weight is 367 g/mol. The summed E-state index contributed by atoms with van der Waals surface area (Å²) in [5, 5.41) is 3.72. The normalized spacial score (nSPS) is 23.0. The van der Waals surface area contributed by atoms with Crippen molar-refractivity contribution >= 4 is 11.7 Å². The van der Waals surface area contributed by atoms with Crippen LogP contribution in [0, 0.1) is 5.92 Å². The van der Waals surface area contributed by atoms with E-state index in [-0.39, 0.29) is 12.0 Å². The molecule has 0 radical (unpaired) electrons. The van der Waals surface area contributed by atoms with Crippen molar-refractivity contribution < 1.29 is 19.0 Å². The second-order valence-electron chi connectivity index (χ2n) is 7.22. The molecule has 2 aromatic rings. The number of ether oxygens (including phenoxy) is 3. The zero-order chi connectivity index (χ0) is 19.0. The second-order valence-corrected chi connectivity index (χ2v) is 7.22. The van der Waals surface area contributed by atoms with E-state index in [4.69, 9.17) is 14.2 Å². The number of fused-ring (bicyclic) bond motifs is 3. The molecule has 1 N–H and O–H groups in total. The summed E-state index contributed by atoms with van der Waals surface area (Å²) in [6.07, 6.45) is 3.57. The molecule has 5 heteroatoms. The van der Waals surface area contributed by atoms with Crippen LogP contribution in [0.15, 0.2) is 36.4 Å². The molecule has 0 saturated heterocycles. The molecule has 1 fully saturated rings. The number of hydrogen-bond acceptors (Lipinski definition) is 5. The Bertz CT molecular complexity index is 863. The van der Waals surface area contributed by atoms with E-state index in [1.54, 1.807) is 20.3 Å². The van der Waals surface area contributed by atoms with Gasteiger partial charge in [0.15, 0.2) is 0 Å². The van der Waals surface area contributed by atoms with E-state index in [1.165, 1.54) is 31.9 Å². The minimum absolute atomic E-state index is 0.153. The highest BCUT2D eigenvalue weighted by Crippen LogP contribution is 2.54. The van der Waals surface area contributed by atoms with E-state index in [9.17, 15) is 4.79 Å². The highest BCUT2D eigenvalue weighted by molar-refractivity contribution is 5.90. The quantitative estimate of drug-likeness (QED) is 0.804. The number of anilines is 1. The summed E-state index contributed by atoms with van der Waals surface area (Å²) in [6, 6.07) is 12.0. The van der Waals surface area contributed by atoms with Crippen molar-refractivity contribution in [3.8, 4) is 11.5 Å². The van der Waals surface area contributed by atoms with Gasteiger partial charge in [0.05, 0.1) is 32.9 Å². The highest BCUT2D eigenvalue weighted by atomic mass is 16.5. The molecule has 5 nitrogen and oxygen atoms in total. The van der Waals surface area contributed by atoms with Crippen molar-refractivity contribution in [2.45, 2.75) is 31.2 Å². The third-order valence-electron chi connectivity index (χ3n) is 5.96. The molecule has 1 heterocycles. The van der Waals surface area contributed by atoms with E-state index in [0.717, 1.165) is 22.7 Å². The maximum absolute atomic E-state index is 11.9. The molecule has 0 unspecified atom stereocenters. The molecule has 2 aliphatic rings. The minimum atomic E-state index is -0.354. The number of benzene rings is 2. The van der Waals surface area contributed by atoms with Crippen molar-refractivity contribution in [3.05, 3.63) is 53.1 Å². The fourth-order valence-electron chi connectivity index (χ4n) is 4.68. The fourth-order valence-corrected chi connectivity index (χ4v) is 4.68. The monoisotopic (exact) mass is 367 g/mol. The summed E-state index contributed by atoms with van der Waals surface area (Å²) in [5.41, 5.74) is 4.09. The van der Waals surface area contributed by atoms with Crippen LogP contribution in [0.4, 0.5) is 5.69 Å². The fraction of sp³-hybridized carbons (Fsp3) is 0.409. The zero-order valence-electron chi connectivity index (χ0n) is 16.0. The minimum Gasteiger partial charge on any atom is -0.497 e. The van der Waals surface area contributed by atoms with Gasteiger partial charge in [-0.3, -0.25) is 0 Å². The predicted octanol–water partition coefficient (Wildman–Crippen LogP) is 4.54. The Kier molecular flexibility index (Phi) is 4.68. The van der Waals surface area contributed by atoms with Gasteiger partial charge in [-0.1, -0.05) is 12.5 Å². The van der Waals surface area contributed by atoms with Gasteiger partial charge < -0.3 is 19.5 Å². The molecular weight excluding hydrogens is 342 g/mol. The number of rotatable bonds is 4. The number of carbonyl (C=O) groups is 1. The summed E-state index contributed by atoms with van der Waals surface area (Å²) in [7, 11) is 4.74. The SMILES string of the molecule is COC(=O)c1ccc([C@@H]2Nc3ccc(OC)cc3[C@@H]3CCC[C@@H]32)c(OC)c1. The third-order valence-corrected chi connectivity index (χ3v) is 5.96. The lowest BCUT2D eigenvalue weighted by molar-refractivity contribution is 0.0600. The van der Waals surface area contributed by atoms with E-state index in [2.05, 4.69) is 17.4 Å². The van der Waals surface area contributed by atoms with Crippen LogP contribution in [0.3, 0.4) is 0 Å². The van der Waals surface area contributed by atoms with Crippen LogP contribution in [0.2, 0.25) is 0 Å². The summed E-state index contributed by atoms with van der Waals surface area (Å²) in [4.78, 5) is 11.9. The third kappa shape index (κ3) is 3.01. The van der Waals surface area contributed by atoms with Crippen LogP contribution in [0.5, 0.6) is 11.5 Å². The van der Waals surface area contributed by atoms with Crippen molar-refractivity contribution in [3.63, 3.8) is 0 Å². The second kappa shape index (κ2) is 7.14. The number of methoxy groups -OCH3 is 3. The van der Waals surface area contributed by atoms with Crippen molar-refractivity contribution in [2.75, 3.05) is 26.6 Å². The Balaban J connectivity index is 1.75. The molecule has 27 heavy (non-hydrogen) atoms. The first kappa shape index (κ1) is 17.7. The average Bonchev–Trinajstić information content (AvgIpc) is 3.22. The summed E-state index contributed by atoms with van der Waals surface area (Å²) < 4.78 is 15.9. The van der Waals surface area contributed by atoms with Gasteiger partial charge in [0.2, 0.25) is 0 Å². The molecular formula is C22H25NO4. The molecule has 142 valence electrons. The van der Waals surface area contributed by atoms with Crippen LogP contribution in [-0.2, 0) is 4.74 Å². The first-order valence-electron chi connectivity index (χ1n) is 9.37. The summed E-state index contributed by atoms with van der Waals surface area (Å²) >= 11 is 0. The Morgan fingerprint density at radius 2 is 1.85 bits per heavy atom. The summed E-state index contributed by atoms with van der Waals surface area (Å²) in [5.74, 6) is 2.26. The first-order valence-corrected chi connectivity index (χ1v) is 9.37. The van der Waals surface area contributed by atoms with Gasteiger partial charge in [0.25, 0.3) is 0 Å². The van der Waals surface area contributed by atoms with Crippen molar-refractivity contribution in [1.82, 2.24) is 0 Å². The molecule has 1 saturated carbocycles. The maximum Gasteiger partial charge on any atom is 0.337 e. The number of carbonyl (C=O) groups excluding carboxylic acids is 1. The van der Waals surface area contributed by atoms with Gasteiger partial charge in [-0.15, -0.1) is 0 Å². The molecule has 1 aliphatic carbocycles. The van der Waals surface area contributed by atoms with E-state index >= 15 is 0 Å². The number of hydrogen-bond donors (Lipinski definition) is 1. The van der Waals surface area contributed by atoms with Crippen molar-refractivity contribution in [2.24, 2.45) is 5.92 Å². The van der Waals surface area contributed by atoms with Crippen LogP contribution in [0.25, 0.3) is 0 Å². The zero-order valence-corrected chi connectivity index (χ0v) is 16.0. The topological polar surface area (TPSA) is 56.8 Å². The Morgan fingerprint density at radius 1 is 1.00 bits per heavy atom. The van der Waals surface area contributed by atoms with Gasteiger partial charge in [-0.2, -0.15) is 0 Å². The Labute approximate surface area is 159 Å². The largest absolute Gasteiger partial charge is 0.497 e. The standard InChI is InChI=1S/C22H25NO4/c1-25-14-8-10-19-18(12-14)15-5-4-6-16(15)21(23-19)17-9-7-13(22(24)27-3)11-20(17)26-2/h7-12,15-16,21,23H,4-6H2,1-3H3/t15-,16+,21-/m1/s1. The number of nitrogens with one attached hydrogen (secondary N) is 1. The van der Waals surface area contributed by atoms with E-state index in [0.29, 0.717) is 17.4 Å². The number of esters is 1. The van der Waals surface area contributed by atoms with Crippen LogP contribution in [-0.4, -0.2) is 27.3 Å². The van der Waals surface area contributed by atoms with Gasteiger partial charge in [-0.05, 0) is 60.6 Å². The van der Waals surface area contributed by atoms with Crippen molar-refractivity contribution in [1.29, 1.82) is 0 Å². The molecule has 0 aromatic heterocycles. The lowest BCUT2D eigenvalue weighted by Crippen LogP contribution is -2.29. The van der Waals surface area contributed by atoms with Crippen LogP contribution in [0.1, 0.15) is 52.7 Å². The van der Waals surface area contributed by atoms with E-state index in [1.807, 2.05) is 18.2 Å². The Morgan fingerprint density at radius 3 is 2.59 bits per heavy atom. The highest BCUT2D eigenvalue weighted by Gasteiger charge is 2.41. The van der Waals surface area contributed by atoms with Crippen LogP contribution < -0.4 is 14.8 Å². The van der Waals surface area contributed by atoms with Gasteiger partial charge in [0.1, 0.15) is 11.5 Å². The molecule has 1 aliphatic heterocycles. The molecule has 0 spiro atoms. The van der Waals surface area contributed by atoms with Gasteiger partial charge >= 0.3 is 5.97 Å². The molecule has 0 amide bonds. The van der Waals surface area contributed by atoms with E-state index < -0.39 is 0 Å². The lowest BCUT2D eigenvalue weighted by atomic mass is 9.77. The smallest absolute Gasteiger partial charge is 0.337 e. The van der Waals surface area contributed by atoms with Gasteiger partial charge in [-0.25, -0.2) is 4.79 Å². The molecule has 0 bridgehead atoms. The predicted molar refractivity (Wildman–Crippen MR) is 104 cm³/mol. The molecule has 3 atom stereocenters. The molecule has 4 rings (SSSR count). The maximum atomic E-state index is 11.9. The van der Waals surface area contributed by atoms with Crippen LogP contribution >= 0.6 is 0 Å². The first-order chi connectivity index (χ1) is 13.2. The van der Waals surface area contributed by atoms with Gasteiger partial charge in [0, 0.05) is 11.3 Å². The molecule has 2 aromatic carbocycles. The summed E-state index contributed by atoms with van der Waals surface area (Å²) in [6.45, 7) is 0. The Hall–Kier alpha value is -2.69. The lowest BCUT2D eigenvalue weighted by Gasteiger charge is -2.38.